The molecule has 0 fully saturated rings. The van der Waals surface area contributed by atoms with Gasteiger partial charge in [0.25, 0.3) is 0 Å². The van der Waals surface area contributed by atoms with Gasteiger partial charge in [0.15, 0.2) is 0 Å². The molecule has 0 radical (unpaired) electrons. The Morgan fingerprint density at radius 2 is 0.391 bits per heavy atom. The van der Waals surface area contributed by atoms with Crippen molar-refractivity contribution >= 4 is 210 Å². The topological polar surface area (TPSA) is 9.72 Å². The molecule has 6 heteroatoms. The highest BCUT2D eigenvalue weighted by Crippen LogP contribution is 2.56. The third-order valence-electron chi connectivity index (χ3n) is 29.1. The molecule has 0 aliphatic heterocycles. The summed E-state index contributed by atoms with van der Waals surface area (Å²) in [4.78, 5) is 7.20. The maximum absolute atomic E-state index is 2.49. The molecule has 0 spiro atoms. The van der Waals surface area contributed by atoms with Gasteiger partial charge in [-0.2, -0.15) is 0 Å². The van der Waals surface area contributed by atoms with Gasteiger partial charge in [0.2, 0.25) is 0 Å². The van der Waals surface area contributed by atoms with Crippen molar-refractivity contribution in [3.8, 4) is 55.6 Å². The molecule has 0 bridgehead atoms. The van der Waals surface area contributed by atoms with Gasteiger partial charge >= 0.3 is 0 Å². The minimum absolute atomic E-state index is 0.0911. The molecule has 0 saturated heterocycles. The van der Waals surface area contributed by atoms with Gasteiger partial charge < -0.3 is 14.7 Å². The molecule has 652 valence electrons. The zero-order chi connectivity index (χ0) is 91.9. The van der Waals surface area contributed by atoms with Crippen molar-refractivity contribution in [3.63, 3.8) is 0 Å². The van der Waals surface area contributed by atoms with Crippen LogP contribution in [0, 0.1) is 0 Å². The summed E-state index contributed by atoms with van der Waals surface area (Å²) in [7, 11) is 0. The molecule has 0 amide bonds. The van der Waals surface area contributed by atoms with Crippen LogP contribution in [-0.2, 0) is 10.8 Å². The number of para-hydroxylation sites is 1. The average Bonchev–Trinajstić information content (AvgIpc) is 1.46. The third kappa shape index (κ3) is 13.9. The maximum atomic E-state index is 2.49. The lowest BCUT2D eigenvalue weighted by molar-refractivity contribution is 0.660. The summed E-state index contributed by atoms with van der Waals surface area (Å²) in [5, 5.41) is 23.6. The van der Waals surface area contributed by atoms with E-state index in [-0.39, 0.29) is 10.8 Å². The van der Waals surface area contributed by atoms with Crippen molar-refractivity contribution in [1.82, 2.24) is 0 Å². The van der Waals surface area contributed by atoms with Crippen molar-refractivity contribution in [1.29, 1.82) is 0 Å². The highest BCUT2D eigenvalue weighted by atomic mass is 32.1. The number of anilines is 9. The Bertz CT molecular complexity index is 9130. The molecule has 28 rings (SSSR count). The Kier molecular flexibility index (Phi) is 19.9. The van der Waals surface area contributed by atoms with Crippen molar-refractivity contribution in [2.24, 2.45) is 0 Å². The fourth-order valence-corrected chi connectivity index (χ4v) is 25.7. The van der Waals surface area contributed by atoms with Gasteiger partial charge in [-0.25, -0.2) is 0 Å². The SMILES string of the molecule is CC1(C)c2ccccc2-c2ccc(N(c3ccc4c(c3)C(C)(C)c3ccccc3-4)c3ccc4c(ccc5ccc6sc7ccccc7c6c54)c3)cc21.c1ccc(-c2ccc(N(c3ccc(-c4ccccc4)cc3)c3ccc4c(ccc5ccc6sc7ccccc7c6c54)c3)cc2)cc1.c1ccc(-c2ccc(N(c3ccccc3)c3ccc4c(ccc5ccc6sc7ccccc7c6c54)c3)cc2)cc1. The van der Waals surface area contributed by atoms with Crippen LogP contribution in [0.5, 0.6) is 0 Å². The van der Waals surface area contributed by atoms with Gasteiger partial charge in [0, 0.05) is 123 Å². The molecule has 0 saturated carbocycles. The molecule has 0 N–H and O–H groups in total. The Morgan fingerprint density at radius 3 is 0.732 bits per heavy atom. The molecule has 3 heterocycles. The first-order chi connectivity index (χ1) is 67.9. The van der Waals surface area contributed by atoms with Gasteiger partial charge in [0.05, 0.1) is 0 Å². The van der Waals surface area contributed by atoms with E-state index in [1.807, 2.05) is 34.0 Å². The summed E-state index contributed by atoms with van der Waals surface area (Å²) in [6.45, 7) is 9.49. The quantitative estimate of drug-likeness (QED) is 0.113. The van der Waals surface area contributed by atoms with Crippen LogP contribution in [0.1, 0.15) is 49.9 Å². The number of fused-ring (bicyclic) bond motifs is 27. The van der Waals surface area contributed by atoms with E-state index in [1.54, 1.807) is 0 Å². The molecule has 0 unspecified atom stereocenters. The highest BCUT2D eigenvalue weighted by Gasteiger charge is 2.38. The largest absolute Gasteiger partial charge is 0.310 e. The van der Waals surface area contributed by atoms with Crippen LogP contribution < -0.4 is 14.7 Å². The number of benzene rings is 23. The molecular formula is C132H91N3S3. The number of hydrogen-bond acceptors (Lipinski definition) is 6. The van der Waals surface area contributed by atoms with E-state index in [0.29, 0.717) is 0 Å². The number of rotatable bonds is 12. The second-order valence-electron chi connectivity index (χ2n) is 37.7. The fraction of sp³-hybridized carbons (Fsp3) is 0.0455. The zero-order valence-corrected chi connectivity index (χ0v) is 79.1. The summed E-state index contributed by atoms with van der Waals surface area (Å²) in [5.74, 6) is 0. The summed E-state index contributed by atoms with van der Waals surface area (Å²) < 4.78 is 8.04. The molecule has 0 atom stereocenters. The van der Waals surface area contributed by atoms with Gasteiger partial charge in [-0.1, -0.05) is 361 Å². The zero-order valence-electron chi connectivity index (χ0n) is 76.7. The number of nitrogens with zero attached hydrogens (tertiary/aromatic N) is 3. The maximum Gasteiger partial charge on any atom is 0.0468 e. The number of hydrogen-bond donors (Lipinski definition) is 0. The predicted molar refractivity (Wildman–Crippen MR) is 599 cm³/mol. The van der Waals surface area contributed by atoms with Gasteiger partial charge in [0.1, 0.15) is 0 Å². The molecule has 3 nitrogen and oxygen atoms in total. The molecular weight excluding hydrogens is 1720 g/mol. The van der Waals surface area contributed by atoms with Crippen LogP contribution in [0.4, 0.5) is 51.2 Å². The van der Waals surface area contributed by atoms with Gasteiger partial charge in [-0.05, 0) is 288 Å². The third-order valence-corrected chi connectivity index (χ3v) is 32.5. The first kappa shape index (κ1) is 82.4. The Morgan fingerprint density at radius 1 is 0.152 bits per heavy atom. The first-order valence-electron chi connectivity index (χ1n) is 47.6. The van der Waals surface area contributed by atoms with Gasteiger partial charge in [-0.15, -0.1) is 34.0 Å². The molecule has 3 aromatic heterocycles. The lowest BCUT2D eigenvalue weighted by atomic mass is 9.82. The minimum Gasteiger partial charge on any atom is -0.310 e. The predicted octanol–water partition coefficient (Wildman–Crippen LogP) is 39.1. The average molecular weight is 1820 g/mol. The standard InChI is InChI=1S/C50H37NS.C44H29NS.C38H25NS/c1-49(2)41-14-8-5-11-36(41)38-24-21-33(28-43(38)49)51(34-22-25-39-37-12-6-9-15-42(37)50(3,4)44(39)29-34)32-20-23-35-31(27-32)18-17-30-19-26-46-48(47(30)35)40-13-7-10-16-45(40)52-46;1-3-9-30(10-4-1)32-17-22-36(23-18-32)45(37-24-19-33(20-25-37)31-11-5-2-6-12-31)38-26-27-39-35(29-38)16-15-34-21-28-42-44(43(34)39)40-13-7-8-14-41(40)46-42;1-3-9-26(10-4-1)27-17-20-31(21-18-27)39(30-11-5-2-6-12-30)32-22-23-33-29(25-32)16-15-28-19-24-36-38(37(28)33)34-13-7-8-14-35(34)40-36/h5-29H,1-4H3;1-29H;1-25H. The minimum atomic E-state index is -0.0911. The van der Waals surface area contributed by atoms with E-state index in [1.165, 1.54) is 214 Å². The summed E-state index contributed by atoms with van der Waals surface area (Å²) in [5.41, 5.74) is 28.4. The van der Waals surface area contributed by atoms with E-state index in [4.69, 9.17) is 0 Å². The summed E-state index contributed by atoms with van der Waals surface area (Å²) in [6.07, 6.45) is 0. The van der Waals surface area contributed by atoms with E-state index in [9.17, 15) is 0 Å². The Labute approximate surface area is 814 Å². The summed E-state index contributed by atoms with van der Waals surface area (Å²) in [6, 6.07) is 176. The normalized spacial score (nSPS) is 12.8. The molecule has 26 aromatic rings. The second kappa shape index (κ2) is 33.3. The van der Waals surface area contributed by atoms with Crippen molar-refractivity contribution < 1.29 is 0 Å². The Hall–Kier alpha value is -16.3. The van der Waals surface area contributed by atoms with Gasteiger partial charge in [-0.3, -0.25) is 0 Å². The lowest BCUT2D eigenvalue weighted by Gasteiger charge is -2.30. The molecule has 2 aliphatic carbocycles. The van der Waals surface area contributed by atoms with Crippen LogP contribution in [-0.4, -0.2) is 0 Å². The van der Waals surface area contributed by atoms with Crippen LogP contribution in [0.25, 0.3) is 181 Å². The van der Waals surface area contributed by atoms with Crippen LogP contribution in [0.2, 0.25) is 0 Å². The molecule has 23 aromatic carbocycles. The van der Waals surface area contributed by atoms with Crippen molar-refractivity contribution in [2.45, 2.75) is 38.5 Å². The molecule has 2 aliphatic rings. The van der Waals surface area contributed by atoms with Crippen LogP contribution >= 0.6 is 34.0 Å². The monoisotopic (exact) mass is 1810 g/mol. The smallest absolute Gasteiger partial charge is 0.0468 e. The van der Waals surface area contributed by atoms with Crippen LogP contribution in [0.3, 0.4) is 0 Å². The van der Waals surface area contributed by atoms with Crippen molar-refractivity contribution in [2.75, 3.05) is 14.7 Å². The second-order valence-corrected chi connectivity index (χ2v) is 41.0. The summed E-state index contributed by atoms with van der Waals surface area (Å²) >= 11 is 5.65. The van der Waals surface area contributed by atoms with Crippen molar-refractivity contribution in [3.05, 3.63) is 501 Å². The fourth-order valence-electron chi connectivity index (χ4n) is 22.4. The molecule has 138 heavy (non-hydrogen) atoms. The van der Waals surface area contributed by atoms with E-state index in [2.05, 4.69) is 522 Å². The first-order valence-corrected chi connectivity index (χ1v) is 50.1. The lowest BCUT2D eigenvalue weighted by Crippen LogP contribution is -2.18. The Balaban J connectivity index is 0.000000108. The number of thiophene rings is 3. The van der Waals surface area contributed by atoms with E-state index in [0.717, 1.165) is 39.8 Å². The van der Waals surface area contributed by atoms with E-state index < -0.39 is 0 Å². The highest BCUT2D eigenvalue weighted by molar-refractivity contribution is 7.27. The van der Waals surface area contributed by atoms with E-state index >= 15 is 0 Å². The van der Waals surface area contributed by atoms with Crippen LogP contribution in [0.15, 0.2) is 479 Å².